The van der Waals surface area contributed by atoms with Crippen LogP contribution >= 0.6 is 0 Å². The number of fused-ring (bicyclic) bond motifs is 1. The van der Waals surface area contributed by atoms with Gasteiger partial charge in [-0.05, 0) is 25.0 Å². The lowest BCUT2D eigenvalue weighted by Crippen LogP contribution is -2.29. The summed E-state index contributed by atoms with van der Waals surface area (Å²) in [6.45, 7) is 1.88. The van der Waals surface area contributed by atoms with Crippen LogP contribution < -0.4 is 5.32 Å². The summed E-state index contributed by atoms with van der Waals surface area (Å²) in [5.74, 6) is 0.0612. The number of benzene rings is 2. The van der Waals surface area contributed by atoms with Crippen molar-refractivity contribution in [2.75, 3.05) is 6.61 Å². The minimum atomic E-state index is -0.263. The molecule has 0 aliphatic carbocycles. The molecule has 0 aliphatic heterocycles. The maximum absolute atomic E-state index is 12.6. The summed E-state index contributed by atoms with van der Waals surface area (Å²) in [6, 6.07) is 17.0. The van der Waals surface area contributed by atoms with Gasteiger partial charge in [-0.1, -0.05) is 48.5 Å². The smallest absolute Gasteiger partial charge is 0.287 e. The van der Waals surface area contributed by atoms with Gasteiger partial charge in [-0.25, -0.2) is 0 Å². The Hall–Kier alpha value is -2.59. The van der Waals surface area contributed by atoms with Gasteiger partial charge in [-0.2, -0.15) is 0 Å². The van der Waals surface area contributed by atoms with Gasteiger partial charge < -0.3 is 14.8 Å². The Morgan fingerprint density at radius 3 is 2.52 bits per heavy atom. The van der Waals surface area contributed by atoms with E-state index in [0.717, 1.165) is 16.5 Å². The van der Waals surface area contributed by atoms with Gasteiger partial charge in [-0.15, -0.1) is 0 Å². The summed E-state index contributed by atoms with van der Waals surface area (Å²) in [5.41, 5.74) is 2.49. The number of hydrogen-bond acceptors (Lipinski definition) is 3. The molecule has 0 aliphatic rings. The highest BCUT2D eigenvalue weighted by Crippen LogP contribution is 2.26. The van der Waals surface area contributed by atoms with Crippen molar-refractivity contribution in [1.82, 2.24) is 5.32 Å². The number of amides is 1. The van der Waals surface area contributed by atoms with Crippen LogP contribution in [0.1, 0.15) is 34.1 Å². The lowest BCUT2D eigenvalue weighted by molar-refractivity contribution is 0.0903. The Labute approximate surface area is 134 Å². The van der Waals surface area contributed by atoms with E-state index in [1.165, 1.54) is 0 Å². The van der Waals surface area contributed by atoms with Crippen LogP contribution in [0.5, 0.6) is 0 Å². The molecule has 3 aromatic rings. The summed E-state index contributed by atoms with van der Waals surface area (Å²) < 4.78 is 5.70. The lowest BCUT2D eigenvalue weighted by atomic mass is 10.0. The Kier molecular flexibility index (Phi) is 4.44. The summed E-state index contributed by atoms with van der Waals surface area (Å²) in [5, 5.41) is 13.2. The van der Waals surface area contributed by atoms with Crippen LogP contribution in [-0.2, 0) is 0 Å². The summed E-state index contributed by atoms with van der Waals surface area (Å²) in [4.78, 5) is 12.6. The fourth-order valence-electron chi connectivity index (χ4n) is 2.75. The van der Waals surface area contributed by atoms with Crippen molar-refractivity contribution in [2.24, 2.45) is 0 Å². The van der Waals surface area contributed by atoms with E-state index < -0.39 is 0 Å². The van der Waals surface area contributed by atoms with E-state index in [9.17, 15) is 9.90 Å². The van der Waals surface area contributed by atoms with Gasteiger partial charge in [0.1, 0.15) is 5.58 Å². The zero-order chi connectivity index (χ0) is 16.2. The monoisotopic (exact) mass is 309 g/mol. The third-order valence-electron chi connectivity index (χ3n) is 3.97. The van der Waals surface area contributed by atoms with Crippen molar-refractivity contribution in [3.63, 3.8) is 0 Å². The standard InChI is InChI=1S/C19H19NO3/c1-13-15-9-5-6-10-17(15)23-18(13)19(22)20-16(11-12-21)14-7-3-2-4-8-14/h2-10,16,21H,11-12H2,1H3,(H,20,22). The van der Waals surface area contributed by atoms with Gasteiger partial charge in [0.05, 0.1) is 6.04 Å². The van der Waals surface area contributed by atoms with E-state index in [-0.39, 0.29) is 18.6 Å². The van der Waals surface area contributed by atoms with Gasteiger partial charge in [0.15, 0.2) is 5.76 Å². The average molecular weight is 309 g/mol. The maximum Gasteiger partial charge on any atom is 0.287 e. The molecule has 23 heavy (non-hydrogen) atoms. The zero-order valence-corrected chi connectivity index (χ0v) is 13.0. The van der Waals surface area contributed by atoms with Gasteiger partial charge >= 0.3 is 0 Å². The molecule has 1 heterocycles. The van der Waals surface area contributed by atoms with Gasteiger partial charge in [0, 0.05) is 17.6 Å². The molecule has 0 saturated carbocycles. The molecule has 0 fully saturated rings. The molecule has 1 aromatic heterocycles. The maximum atomic E-state index is 12.6. The molecule has 2 aromatic carbocycles. The fraction of sp³-hybridized carbons (Fsp3) is 0.211. The molecular formula is C19H19NO3. The van der Waals surface area contributed by atoms with Crippen LogP contribution in [0, 0.1) is 6.92 Å². The topological polar surface area (TPSA) is 62.5 Å². The van der Waals surface area contributed by atoms with E-state index >= 15 is 0 Å². The van der Waals surface area contributed by atoms with Crippen LogP contribution in [0.2, 0.25) is 0 Å². The highest BCUT2D eigenvalue weighted by Gasteiger charge is 2.21. The van der Waals surface area contributed by atoms with E-state index in [1.54, 1.807) is 0 Å². The molecule has 3 rings (SSSR count). The molecule has 118 valence electrons. The number of carbonyl (C=O) groups excluding carboxylic acids is 1. The highest BCUT2D eigenvalue weighted by atomic mass is 16.3. The van der Waals surface area contributed by atoms with E-state index in [0.29, 0.717) is 17.8 Å². The van der Waals surface area contributed by atoms with Crippen LogP contribution in [0.25, 0.3) is 11.0 Å². The number of rotatable bonds is 5. The van der Waals surface area contributed by atoms with Crippen molar-refractivity contribution < 1.29 is 14.3 Å². The normalized spacial score (nSPS) is 12.3. The van der Waals surface area contributed by atoms with E-state index in [4.69, 9.17) is 4.42 Å². The predicted molar refractivity (Wildman–Crippen MR) is 89.3 cm³/mol. The number of hydrogen-bond donors (Lipinski definition) is 2. The lowest BCUT2D eigenvalue weighted by Gasteiger charge is -2.17. The first kappa shape index (κ1) is 15.3. The predicted octanol–water partition coefficient (Wildman–Crippen LogP) is 3.59. The number of aryl methyl sites for hydroxylation is 1. The second-order valence-electron chi connectivity index (χ2n) is 5.50. The van der Waals surface area contributed by atoms with Crippen molar-refractivity contribution in [1.29, 1.82) is 0 Å². The van der Waals surface area contributed by atoms with Gasteiger partial charge in [-0.3, -0.25) is 4.79 Å². The first-order valence-corrected chi connectivity index (χ1v) is 7.65. The van der Waals surface area contributed by atoms with Crippen LogP contribution in [-0.4, -0.2) is 17.6 Å². The number of nitrogens with one attached hydrogen (secondary N) is 1. The van der Waals surface area contributed by atoms with Crippen molar-refractivity contribution >= 4 is 16.9 Å². The molecule has 0 radical (unpaired) electrons. The minimum absolute atomic E-state index is 0.00104. The van der Waals surface area contributed by atoms with E-state index in [2.05, 4.69) is 5.32 Å². The molecule has 4 heteroatoms. The SMILES string of the molecule is Cc1c(C(=O)NC(CCO)c2ccccc2)oc2ccccc12. The van der Waals surface area contributed by atoms with E-state index in [1.807, 2.05) is 61.5 Å². The Morgan fingerprint density at radius 1 is 1.13 bits per heavy atom. The van der Waals surface area contributed by atoms with Gasteiger partial charge in [0.2, 0.25) is 0 Å². The first-order chi connectivity index (χ1) is 11.2. The Bertz CT molecular complexity index is 808. The van der Waals surface area contributed by atoms with Gasteiger partial charge in [0.25, 0.3) is 5.91 Å². The Morgan fingerprint density at radius 2 is 1.83 bits per heavy atom. The molecule has 2 N–H and O–H groups in total. The molecule has 1 amide bonds. The second kappa shape index (κ2) is 6.67. The summed E-state index contributed by atoms with van der Waals surface area (Å²) in [7, 11) is 0. The van der Waals surface area contributed by atoms with Crippen LogP contribution in [0.15, 0.2) is 59.0 Å². The average Bonchev–Trinajstić information content (AvgIpc) is 2.93. The Balaban J connectivity index is 1.87. The number of furan rings is 1. The molecule has 0 bridgehead atoms. The largest absolute Gasteiger partial charge is 0.451 e. The second-order valence-corrected chi connectivity index (χ2v) is 5.50. The minimum Gasteiger partial charge on any atom is -0.451 e. The molecule has 0 saturated heterocycles. The summed E-state index contributed by atoms with van der Waals surface area (Å²) in [6.07, 6.45) is 0.453. The quantitative estimate of drug-likeness (QED) is 0.757. The zero-order valence-electron chi connectivity index (χ0n) is 13.0. The third kappa shape index (κ3) is 3.12. The molecular weight excluding hydrogens is 290 g/mol. The number of para-hydroxylation sites is 1. The number of carbonyl (C=O) groups is 1. The van der Waals surface area contributed by atoms with Crippen molar-refractivity contribution in [3.8, 4) is 0 Å². The highest BCUT2D eigenvalue weighted by molar-refractivity contribution is 5.99. The number of aliphatic hydroxyl groups excluding tert-OH is 1. The number of aliphatic hydroxyl groups is 1. The molecule has 0 spiro atoms. The first-order valence-electron chi connectivity index (χ1n) is 7.65. The van der Waals surface area contributed by atoms with Crippen molar-refractivity contribution in [3.05, 3.63) is 71.5 Å². The molecule has 1 atom stereocenters. The fourth-order valence-corrected chi connectivity index (χ4v) is 2.75. The third-order valence-corrected chi connectivity index (χ3v) is 3.97. The van der Waals surface area contributed by atoms with Crippen LogP contribution in [0.3, 0.4) is 0 Å². The molecule has 4 nitrogen and oxygen atoms in total. The molecule has 1 unspecified atom stereocenters. The summed E-state index contributed by atoms with van der Waals surface area (Å²) >= 11 is 0. The van der Waals surface area contributed by atoms with Crippen molar-refractivity contribution in [2.45, 2.75) is 19.4 Å². The van der Waals surface area contributed by atoms with Crippen LogP contribution in [0.4, 0.5) is 0 Å².